The molecule has 0 aliphatic rings. The van der Waals surface area contributed by atoms with Crippen LogP contribution in [0.5, 0.6) is 6.01 Å². The third-order valence-corrected chi connectivity index (χ3v) is 4.17. The lowest BCUT2D eigenvalue weighted by molar-refractivity contribution is 0.377. The maximum Gasteiger partial charge on any atom is 0.322 e. The van der Waals surface area contributed by atoms with Gasteiger partial charge in [-0.3, -0.25) is 0 Å². The average molecular weight is 385 g/mol. The van der Waals surface area contributed by atoms with Gasteiger partial charge in [0.2, 0.25) is 5.95 Å². The van der Waals surface area contributed by atoms with Gasteiger partial charge in [0.1, 0.15) is 5.82 Å². The van der Waals surface area contributed by atoms with Crippen LogP contribution in [-0.4, -0.2) is 45.3 Å². The van der Waals surface area contributed by atoms with E-state index in [0.29, 0.717) is 5.95 Å². The van der Waals surface area contributed by atoms with Gasteiger partial charge in [0.25, 0.3) is 5.95 Å². The topological polar surface area (TPSA) is 91.3 Å². The molecule has 1 aromatic carbocycles. The number of nitrogens with one attached hydrogen (secondary N) is 2. The number of aromatic amines is 1. The molecule has 0 bridgehead atoms. The molecule has 0 saturated heterocycles. The maximum atomic E-state index is 13.5. The van der Waals surface area contributed by atoms with Gasteiger partial charge in [-0.25, -0.2) is 9.82 Å². The number of methoxy groups -OCH3 is 1. The number of halogens is 1. The van der Waals surface area contributed by atoms with Crippen molar-refractivity contribution in [2.24, 2.45) is 5.10 Å². The van der Waals surface area contributed by atoms with Crippen LogP contribution >= 0.6 is 0 Å². The van der Waals surface area contributed by atoms with E-state index in [-0.39, 0.29) is 29.9 Å². The molecule has 28 heavy (non-hydrogen) atoms. The zero-order valence-electron chi connectivity index (χ0n) is 16.6. The predicted octanol–water partition coefficient (Wildman–Crippen LogP) is 3.57. The van der Waals surface area contributed by atoms with Gasteiger partial charge in [-0.2, -0.15) is 20.1 Å². The van der Waals surface area contributed by atoms with Gasteiger partial charge in [-0.05, 0) is 45.9 Å². The van der Waals surface area contributed by atoms with E-state index < -0.39 is 0 Å². The average Bonchev–Trinajstić information content (AvgIpc) is 3.03. The van der Waals surface area contributed by atoms with E-state index >= 15 is 0 Å². The van der Waals surface area contributed by atoms with Gasteiger partial charge in [-0.1, -0.05) is 0 Å². The lowest BCUT2D eigenvalue weighted by Crippen LogP contribution is -2.38. The summed E-state index contributed by atoms with van der Waals surface area (Å²) in [5, 5.41) is 4.93. The van der Waals surface area contributed by atoms with E-state index in [1.807, 2.05) is 0 Å². The third kappa shape index (κ3) is 4.19. The molecule has 0 atom stereocenters. The minimum Gasteiger partial charge on any atom is -0.467 e. The number of benzene rings is 1. The molecule has 3 rings (SSSR count). The molecule has 0 saturated carbocycles. The van der Waals surface area contributed by atoms with Crippen LogP contribution in [-0.2, 0) is 0 Å². The standard InChI is InChI=1S/C19H24FN7O/c1-11(2)27(12(3)4)18-23-17(24-19(25-18)28-5)26-22-10-13-9-21-16-7-6-14(20)8-15(13)16/h6-12,21H,1-5H3,(H,23,24,25,26)/b22-10+. The Hall–Kier alpha value is -3.23. The number of rotatable bonds is 7. The van der Waals surface area contributed by atoms with E-state index in [4.69, 9.17) is 4.74 Å². The van der Waals surface area contributed by atoms with Crippen LogP contribution in [0.4, 0.5) is 16.3 Å². The molecule has 0 spiro atoms. The molecule has 0 amide bonds. The van der Waals surface area contributed by atoms with Crippen molar-refractivity contribution in [3.63, 3.8) is 0 Å². The summed E-state index contributed by atoms with van der Waals surface area (Å²) in [4.78, 5) is 18.1. The van der Waals surface area contributed by atoms with Gasteiger partial charge < -0.3 is 14.6 Å². The Morgan fingerprint density at radius 3 is 2.61 bits per heavy atom. The number of ether oxygens (including phenoxy) is 1. The Morgan fingerprint density at radius 1 is 1.18 bits per heavy atom. The second-order valence-corrected chi connectivity index (χ2v) is 6.84. The van der Waals surface area contributed by atoms with Gasteiger partial charge in [-0.15, -0.1) is 0 Å². The minimum absolute atomic E-state index is 0.197. The second-order valence-electron chi connectivity index (χ2n) is 6.84. The molecule has 0 unspecified atom stereocenters. The van der Waals surface area contributed by atoms with Gasteiger partial charge in [0, 0.05) is 34.7 Å². The first-order valence-electron chi connectivity index (χ1n) is 9.03. The van der Waals surface area contributed by atoms with Crippen molar-refractivity contribution in [1.29, 1.82) is 0 Å². The van der Waals surface area contributed by atoms with Crippen molar-refractivity contribution in [1.82, 2.24) is 19.9 Å². The molecular weight excluding hydrogens is 361 g/mol. The van der Waals surface area contributed by atoms with E-state index in [9.17, 15) is 4.39 Å². The Kier molecular flexibility index (Phi) is 5.72. The summed E-state index contributed by atoms with van der Waals surface area (Å²) >= 11 is 0. The first kappa shape index (κ1) is 19.5. The summed E-state index contributed by atoms with van der Waals surface area (Å²) in [7, 11) is 1.50. The summed E-state index contributed by atoms with van der Waals surface area (Å²) < 4.78 is 18.7. The number of hydrogen-bond donors (Lipinski definition) is 2. The fraction of sp³-hybridized carbons (Fsp3) is 0.368. The van der Waals surface area contributed by atoms with Crippen molar-refractivity contribution in [2.45, 2.75) is 39.8 Å². The van der Waals surface area contributed by atoms with Crippen molar-refractivity contribution < 1.29 is 9.13 Å². The quantitative estimate of drug-likeness (QED) is 0.477. The summed E-state index contributed by atoms with van der Waals surface area (Å²) in [5.74, 6) is 0.461. The number of H-pyrrole nitrogens is 1. The first-order chi connectivity index (χ1) is 13.4. The van der Waals surface area contributed by atoms with E-state index in [2.05, 4.69) is 63.1 Å². The highest BCUT2D eigenvalue weighted by molar-refractivity contribution is 5.99. The molecule has 8 nitrogen and oxygen atoms in total. The van der Waals surface area contributed by atoms with Crippen molar-refractivity contribution in [2.75, 3.05) is 17.4 Å². The lowest BCUT2D eigenvalue weighted by Gasteiger charge is -2.30. The van der Waals surface area contributed by atoms with E-state index in [1.54, 1.807) is 18.5 Å². The monoisotopic (exact) mass is 385 g/mol. The van der Waals surface area contributed by atoms with Gasteiger partial charge in [0.15, 0.2) is 0 Å². The minimum atomic E-state index is -0.302. The lowest BCUT2D eigenvalue weighted by atomic mass is 10.2. The zero-order valence-corrected chi connectivity index (χ0v) is 16.6. The SMILES string of the molecule is COc1nc(N/N=C/c2c[nH]c3ccc(F)cc23)nc(N(C(C)C)C(C)C)n1. The molecule has 9 heteroatoms. The van der Waals surface area contributed by atoms with Crippen LogP contribution in [0, 0.1) is 5.82 Å². The van der Waals surface area contributed by atoms with E-state index in [0.717, 1.165) is 16.5 Å². The zero-order chi connectivity index (χ0) is 20.3. The Balaban J connectivity index is 1.86. The van der Waals surface area contributed by atoms with Crippen LogP contribution in [0.15, 0.2) is 29.5 Å². The number of anilines is 2. The molecule has 0 fully saturated rings. The highest BCUT2D eigenvalue weighted by Crippen LogP contribution is 2.20. The molecular formula is C19H24FN7O. The number of fused-ring (bicyclic) bond motifs is 1. The Labute approximate surface area is 162 Å². The molecule has 148 valence electrons. The molecule has 2 N–H and O–H groups in total. The number of hydrogen-bond acceptors (Lipinski definition) is 7. The van der Waals surface area contributed by atoms with Crippen molar-refractivity contribution >= 4 is 29.0 Å². The normalized spacial score (nSPS) is 11.7. The Morgan fingerprint density at radius 2 is 1.93 bits per heavy atom. The molecule has 0 aliphatic heterocycles. The largest absolute Gasteiger partial charge is 0.467 e. The molecule has 0 radical (unpaired) electrons. The third-order valence-electron chi connectivity index (χ3n) is 4.17. The van der Waals surface area contributed by atoms with Crippen molar-refractivity contribution in [3.05, 3.63) is 35.8 Å². The van der Waals surface area contributed by atoms with Crippen LogP contribution in [0.1, 0.15) is 33.3 Å². The van der Waals surface area contributed by atoms with Crippen LogP contribution in [0.2, 0.25) is 0 Å². The Bertz CT molecular complexity index is 976. The molecule has 3 aromatic rings. The van der Waals surface area contributed by atoms with Gasteiger partial charge in [0.05, 0.1) is 13.3 Å². The predicted molar refractivity (Wildman–Crippen MR) is 109 cm³/mol. The summed E-state index contributed by atoms with van der Waals surface area (Å²) in [6, 6.07) is 5.15. The van der Waals surface area contributed by atoms with Crippen LogP contribution < -0.4 is 15.1 Å². The summed E-state index contributed by atoms with van der Waals surface area (Å²) in [6.07, 6.45) is 3.34. The van der Waals surface area contributed by atoms with Gasteiger partial charge >= 0.3 is 6.01 Å². The number of hydrazone groups is 1. The van der Waals surface area contributed by atoms with Crippen molar-refractivity contribution in [3.8, 4) is 6.01 Å². The first-order valence-corrected chi connectivity index (χ1v) is 9.03. The second kappa shape index (κ2) is 8.20. The van der Waals surface area contributed by atoms with Crippen LogP contribution in [0.3, 0.4) is 0 Å². The molecule has 0 aliphatic carbocycles. The number of aromatic nitrogens is 4. The highest BCUT2D eigenvalue weighted by Gasteiger charge is 2.19. The van der Waals surface area contributed by atoms with E-state index in [1.165, 1.54) is 19.2 Å². The summed E-state index contributed by atoms with van der Waals surface area (Å²) in [5.41, 5.74) is 4.38. The number of nitrogens with zero attached hydrogens (tertiary/aromatic N) is 5. The summed E-state index contributed by atoms with van der Waals surface area (Å²) in [6.45, 7) is 8.27. The van der Waals surface area contributed by atoms with Crippen LogP contribution in [0.25, 0.3) is 10.9 Å². The fourth-order valence-electron chi connectivity index (χ4n) is 3.04. The smallest absolute Gasteiger partial charge is 0.322 e. The maximum absolute atomic E-state index is 13.5. The molecule has 2 aromatic heterocycles. The molecule has 2 heterocycles. The highest BCUT2D eigenvalue weighted by atomic mass is 19.1. The fourth-order valence-corrected chi connectivity index (χ4v) is 3.04.